The minimum absolute atomic E-state index is 0.132. The first kappa shape index (κ1) is 24.5. The van der Waals surface area contributed by atoms with Crippen LogP contribution in [0.4, 0.5) is 0 Å². The lowest BCUT2D eigenvalue weighted by Gasteiger charge is -2.51. The number of fused-ring (bicyclic) bond motifs is 4. The van der Waals surface area contributed by atoms with E-state index in [-0.39, 0.29) is 30.8 Å². The van der Waals surface area contributed by atoms with Crippen molar-refractivity contribution in [3.8, 4) is 5.75 Å². The van der Waals surface area contributed by atoms with Gasteiger partial charge in [-0.15, -0.1) is 0 Å². The van der Waals surface area contributed by atoms with Crippen LogP contribution in [0.15, 0.2) is 30.5 Å². The van der Waals surface area contributed by atoms with E-state index in [1.807, 2.05) is 24.3 Å². The van der Waals surface area contributed by atoms with Crippen molar-refractivity contribution < 1.29 is 23.8 Å². The molecule has 2 bridgehead atoms. The number of ether oxygens (including phenoxy) is 3. The van der Waals surface area contributed by atoms with E-state index in [1.165, 1.54) is 12.8 Å². The number of nitrogens with zero attached hydrogens (tertiary/aromatic N) is 2. The predicted molar refractivity (Wildman–Crippen MR) is 129 cm³/mol. The third kappa shape index (κ3) is 5.35. The van der Waals surface area contributed by atoms with Gasteiger partial charge in [-0.3, -0.25) is 19.5 Å². The number of esters is 2. The highest BCUT2D eigenvalue weighted by Crippen LogP contribution is 2.44. The lowest BCUT2D eigenvalue weighted by atomic mass is 9.72. The zero-order valence-corrected chi connectivity index (χ0v) is 20.5. The van der Waals surface area contributed by atoms with E-state index in [1.54, 1.807) is 20.2 Å². The zero-order chi connectivity index (χ0) is 24.1. The summed E-state index contributed by atoms with van der Waals surface area (Å²) in [5.74, 6) is 1.56. The Labute approximate surface area is 201 Å². The van der Waals surface area contributed by atoms with Crippen molar-refractivity contribution in [3.63, 3.8) is 0 Å². The molecule has 184 valence electrons. The Morgan fingerprint density at radius 2 is 2.00 bits per heavy atom. The number of carbonyl (C=O) groups excluding carboxylic acids is 2. The third-order valence-corrected chi connectivity index (χ3v) is 7.42. The molecule has 1 aromatic heterocycles. The summed E-state index contributed by atoms with van der Waals surface area (Å²) in [5.41, 5.74) is 1.82. The van der Waals surface area contributed by atoms with Crippen LogP contribution in [-0.4, -0.2) is 54.7 Å². The van der Waals surface area contributed by atoms with Gasteiger partial charge >= 0.3 is 11.9 Å². The SMILES string of the molecule is CCOC(=O)CCCC(=O)O[C@@H](c1ccnc2ccc(OC)cc12)[C@H]1C[C@@H]2CCN1C[C@@H]2CC. The number of rotatable bonds is 10. The third-order valence-electron chi connectivity index (χ3n) is 7.42. The number of carbonyl (C=O) groups is 2. The zero-order valence-electron chi connectivity index (χ0n) is 20.5. The Bertz CT molecular complexity index is 1010. The van der Waals surface area contributed by atoms with Gasteiger partial charge in [0.05, 0.1) is 25.3 Å². The van der Waals surface area contributed by atoms with Gasteiger partial charge in [0.1, 0.15) is 11.9 Å². The van der Waals surface area contributed by atoms with E-state index in [2.05, 4.69) is 16.8 Å². The Kier molecular flexibility index (Phi) is 8.03. The first-order chi connectivity index (χ1) is 16.5. The van der Waals surface area contributed by atoms with Crippen molar-refractivity contribution in [2.75, 3.05) is 26.8 Å². The van der Waals surface area contributed by atoms with Crippen LogP contribution in [0.3, 0.4) is 0 Å². The summed E-state index contributed by atoms with van der Waals surface area (Å²) in [7, 11) is 1.65. The van der Waals surface area contributed by atoms with E-state index in [0.717, 1.165) is 41.7 Å². The average Bonchev–Trinajstić information content (AvgIpc) is 2.87. The molecule has 0 spiro atoms. The van der Waals surface area contributed by atoms with Crippen LogP contribution < -0.4 is 4.74 Å². The maximum atomic E-state index is 13.0. The quantitative estimate of drug-likeness (QED) is 0.469. The molecule has 7 heteroatoms. The van der Waals surface area contributed by atoms with Gasteiger partial charge in [0.2, 0.25) is 0 Å². The lowest BCUT2D eigenvalue weighted by molar-refractivity contribution is -0.158. The van der Waals surface area contributed by atoms with Gasteiger partial charge in [-0.1, -0.05) is 13.3 Å². The van der Waals surface area contributed by atoms with Crippen molar-refractivity contribution in [3.05, 3.63) is 36.0 Å². The first-order valence-corrected chi connectivity index (χ1v) is 12.6. The smallest absolute Gasteiger partial charge is 0.306 e. The molecular formula is C27H36N2O5. The van der Waals surface area contributed by atoms with E-state index in [4.69, 9.17) is 14.2 Å². The van der Waals surface area contributed by atoms with Gasteiger partial charge in [0, 0.05) is 36.5 Å². The molecule has 0 aliphatic carbocycles. The summed E-state index contributed by atoms with van der Waals surface area (Å²) in [6.07, 6.45) is 5.64. The molecule has 3 saturated heterocycles. The van der Waals surface area contributed by atoms with Gasteiger partial charge in [-0.2, -0.15) is 0 Å². The molecule has 1 unspecified atom stereocenters. The molecule has 0 radical (unpaired) electrons. The second kappa shape index (κ2) is 11.2. The predicted octanol–water partition coefficient (Wildman–Crippen LogP) is 4.68. The molecule has 5 rings (SSSR count). The van der Waals surface area contributed by atoms with Crippen molar-refractivity contribution in [1.29, 1.82) is 0 Å². The number of benzene rings is 1. The Balaban J connectivity index is 1.60. The molecule has 7 nitrogen and oxygen atoms in total. The Hall–Kier alpha value is -2.67. The average molecular weight is 469 g/mol. The van der Waals surface area contributed by atoms with Crippen LogP contribution in [0.1, 0.15) is 64.0 Å². The Morgan fingerprint density at radius 3 is 2.71 bits per heavy atom. The number of hydrogen-bond donors (Lipinski definition) is 0. The number of aromatic nitrogens is 1. The normalized spacial score (nSPS) is 24.6. The van der Waals surface area contributed by atoms with Crippen LogP contribution in [-0.2, 0) is 19.1 Å². The fourth-order valence-corrected chi connectivity index (χ4v) is 5.64. The minimum Gasteiger partial charge on any atom is -0.497 e. The van der Waals surface area contributed by atoms with Crippen molar-refractivity contribution in [2.45, 2.75) is 64.5 Å². The lowest BCUT2D eigenvalue weighted by Crippen LogP contribution is -2.55. The Morgan fingerprint density at radius 1 is 1.18 bits per heavy atom. The van der Waals surface area contributed by atoms with Crippen LogP contribution in [0.2, 0.25) is 0 Å². The summed E-state index contributed by atoms with van der Waals surface area (Å²) < 4.78 is 16.7. The molecule has 5 atom stereocenters. The van der Waals surface area contributed by atoms with Crippen LogP contribution >= 0.6 is 0 Å². The summed E-state index contributed by atoms with van der Waals surface area (Å²) in [4.78, 5) is 31.7. The number of piperidine rings is 3. The van der Waals surface area contributed by atoms with E-state index >= 15 is 0 Å². The monoisotopic (exact) mass is 468 g/mol. The van der Waals surface area contributed by atoms with E-state index < -0.39 is 6.10 Å². The molecule has 3 aliphatic heterocycles. The fourth-order valence-electron chi connectivity index (χ4n) is 5.64. The topological polar surface area (TPSA) is 78.0 Å². The van der Waals surface area contributed by atoms with E-state index in [9.17, 15) is 9.59 Å². The highest BCUT2D eigenvalue weighted by Gasteiger charge is 2.44. The molecular weight excluding hydrogens is 432 g/mol. The number of hydrogen-bond acceptors (Lipinski definition) is 7. The van der Waals surface area contributed by atoms with Gasteiger partial charge in [-0.25, -0.2) is 0 Å². The second-order valence-electron chi connectivity index (χ2n) is 9.37. The van der Waals surface area contributed by atoms with Crippen LogP contribution in [0.5, 0.6) is 5.75 Å². The minimum atomic E-state index is -0.395. The maximum absolute atomic E-state index is 13.0. The van der Waals surface area contributed by atoms with Gasteiger partial charge in [-0.05, 0) is 68.8 Å². The molecule has 34 heavy (non-hydrogen) atoms. The van der Waals surface area contributed by atoms with Crippen LogP contribution in [0.25, 0.3) is 10.9 Å². The number of methoxy groups -OCH3 is 1. The van der Waals surface area contributed by atoms with Gasteiger partial charge in [0.15, 0.2) is 0 Å². The van der Waals surface area contributed by atoms with Gasteiger partial charge in [0.25, 0.3) is 0 Å². The highest BCUT2D eigenvalue weighted by atomic mass is 16.5. The molecule has 0 saturated carbocycles. The summed E-state index contributed by atoms with van der Waals surface area (Å²) >= 11 is 0. The molecule has 0 amide bonds. The maximum Gasteiger partial charge on any atom is 0.306 e. The molecule has 2 aromatic rings. The standard InChI is InChI=1S/C27H36N2O5/c1-4-18-17-29-14-12-19(18)15-24(29)27(34-26(31)8-6-7-25(30)33-5-2)21-11-13-28-23-10-9-20(32-3)16-22(21)23/h9-11,13,16,18-19,24,27H,4-8,12,14-15,17H2,1-3H3/t18-,19-,24+,27-/m0/s1. The molecule has 3 aliphatic rings. The largest absolute Gasteiger partial charge is 0.497 e. The summed E-state index contributed by atoms with van der Waals surface area (Å²) in [6.45, 7) is 6.48. The molecule has 3 fully saturated rings. The summed E-state index contributed by atoms with van der Waals surface area (Å²) in [5, 5.41) is 0.945. The second-order valence-corrected chi connectivity index (χ2v) is 9.37. The number of pyridine rings is 1. The molecule has 1 aromatic carbocycles. The van der Waals surface area contributed by atoms with Crippen LogP contribution in [0, 0.1) is 11.8 Å². The highest BCUT2D eigenvalue weighted by molar-refractivity contribution is 5.84. The van der Waals surface area contributed by atoms with Gasteiger partial charge < -0.3 is 14.2 Å². The summed E-state index contributed by atoms with van der Waals surface area (Å²) in [6, 6.07) is 7.92. The van der Waals surface area contributed by atoms with Crippen molar-refractivity contribution in [1.82, 2.24) is 9.88 Å². The van der Waals surface area contributed by atoms with E-state index in [0.29, 0.717) is 24.9 Å². The van der Waals surface area contributed by atoms with Crippen molar-refractivity contribution >= 4 is 22.8 Å². The molecule has 0 N–H and O–H groups in total. The fraction of sp³-hybridized carbons (Fsp3) is 0.593. The molecule has 4 heterocycles. The first-order valence-electron chi connectivity index (χ1n) is 12.6. The van der Waals surface area contributed by atoms with Crippen molar-refractivity contribution in [2.24, 2.45) is 11.8 Å².